The molecular weight excluding hydrogens is 178 g/mol. The number of carbonyl (C=O) groups excluding carboxylic acids is 1. The molecule has 3 nitrogen and oxygen atoms in total. The van der Waals surface area contributed by atoms with Crippen molar-refractivity contribution in [1.82, 2.24) is 4.98 Å². The zero-order valence-electron chi connectivity index (χ0n) is 8.19. The van der Waals surface area contributed by atoms with Gasteiger partial charge in [-0.1, -0.05) is 6.92 Å². The molecule has 0 amide bonds. The smallest absolute Gasteiger partial charge is 0.224 e. The first-order valence-electron chi connectivity index (χ1n) is 4.89. The van der Waals surface area contributed by atoms with Crippen molar-refractivity contribution in [3.05, 3.63) is 23.9 Å². The van der Waals surface area contributed by atoms with E-state index in [2.05, 4.69) is 11.9 Å². The quantitative estimate of drug-likeness (QED) is 0.685. The summed E-state index contributed by atoms with van der Waals surface area (Å²) in [5.74, 6) is 0.474. The van der Waals surface area contributed by atoms with E-state index >= 15 is 0 Å². The molecule has 2 rings (SSSR count). The number of hydrogen-bond acceptors (Lipinski definition) is 3. The van der Waals surface area contributed by atoms with Gasteiger partial charge in [0.05, 0.1) is 5.56 Å². The van der Waals surface area contributed by atoms with Crippen LogP contribution >= 0.6 is 0 Å². The summed E-state index contributed by atoms with van der Waals surface area (Å²) in [6.07, 6.45) is 5.54. The minimum atomic E-state index is -0.0356. The van der Waals surface area contributed by atoms with Gasteiger partial charge in [-0.25, -0.2) is 4.98 Å². The maximum atomic E-state index is 10.7. The summed E-state index contributed by atoms with van der Waals surface area (Å²) in [5, 5.41) is 0. The summed E-state index contributed by atoms with van der Waals surface area (Å²) >= 11 is 0. The monoisotopic (exact) mass is 191 g/mol. The van der Waals surface area contributed by atoms with Crippen molar-refractivity contribution in [2.75, 3.05) is 0 Å². The number of nitrogens with zero attached hydrogens (tertiary/aromatic N) is 1. The van der Waals surface area contributed by atoms with Gasteiger partial charge in [0.25, 0.3) is 0 Å². The highest BCUT2D eigenvalue weighted by molar-refractivity contribution is 5.77. The van der Waals surface area contributed by atoms with Crippen LogP contribution in [0, 0.1) is 0 Å². The third-order valence-corrected chi connectivity index (χ3v) is 2.69. The average molecular weight is 191 g/mol. The highest BCUT2D eigenvalue weighted by Crippen LogP contribution is 2.42. The van der Waals surface area contributed by atoms with E-state index < -0.39 is 0 Å². The molecule has 0 saturated heterocycles. The van der Waals surface area contributed by atoms with Crippen LogP contribution in [-0.2, 0) is 0 Å². The lowest BCUT2D eigenvalue weighted by Crippen LogP contribution is -2.17. The van der Waals surface area contributed by atoms with E-state index in [1.165, 1.54) is 0 Å². The van der Waals surface area contributed by atoms with Crippen molar-refractivity contribution in [3.8, 4) is 5.88 Å². The van der Waals surface area contributed by atoms with Gasteiger partial charge >= 0.3 is 0 Å². The number of aromatic nitrogens is 1. The highest BCUT2D eigenvalue weighted by Gasteiger charge is 2.44. The van der Waals surface area contributed by atoms with Crippen molar-refractivity contribution in [1.29, 1.82) is 0 Å². The number of rotatable bonds is 4. The molecule has 0 bridgehead atoms. The van der Waals surface area contributed by atoms with Crippen molar-refractivity contribution < 1.29 is 9.53 Å². The van der Waals surface area contributed by atoms with Crippen molar-refractivity contribution in [3.63, 3.8) is 0 Å². The van der Waals surface area contributed by atoms with Crippen LogP contribution in [0.2, 0.25) is 0 Å². The highest BCUT2D eigenvalue weighted by atomic mass is 16.5. The molecule has 74 valence electrons. The fraction of sp³-hybridized carbons (Fsp3) is 0.455. The summed E-state index contributed by atoms with van der Waals surface area (Å²) in [5.41, 5.74) is 0.499. The molecule has 1 fully saturated rings. The van der Waals surface area contributed by atoms with E-state index in [9.17, 15) is 4.79 Å². The van der Waals surface area contributed by atoms with Crippen LogP contribution in [0.15, 0.2) is 18.3 Å². The Morgan fingerprint density at radius 1 is 1.64 bits per heavy atom. The van der Waals surface area contributed by atoms with Crippen LogP contribution < -0.4 is 4.74 Å². The first-order valence-corrected chi connectivity index (χ1v) is 4.89. The molecule has 1 aliphatic carbocycles. The number of pyridine rings is 1. The Kier molecular flexibility index (Phi) is 2.23. The van der Waals surface area contributed by atoms with Gasteiger partial charge < -0.3 is 4.74 Å². The van der Waals surface area contributed by atoms with Gasteiger partial charge in [0.2, 0.25) is 5.88 Å². The first-order chi connectivity index (χ1) is 6.79. The lowest BCUT2D eigenvalue weighted by molar-refractivity contribution is 0.111. The van der Waals surface area contributed by atoms with Crippen LogP contribution in [-0.4, -0.2) is 16.9 Å². The molecule has 1 aromatic heterocycles. The average Bonchev–Trinajstić information content (AvgIpc) is 2.99. The molecule has 14 heavy (non-hydrogen) atoms. The Morgan fingerprint density at radius 3 is 3.00 bits per heavy atom. The van der Waals surface area contributed by atoms with Crippen LogP contribution in [0.5, 0.6) is 5.88 Å². The van der Waals surface area contributed by atoms with Crippen molar-refractivity contribution >= 4 is 6.29 Å². The Labute approximate surface area is 83.1 Å². The fourth-order valence-electron chi connectivity index (χ4n) is 1.45. The lowest BCUT2D eigenvalue weighted by atomic mass is 10.2. The van der Waals surface area contributed by atoms with Gasteiger partial charge in [-0.2, -0.15) is 0 Å². The summed E-state index contributed by atoms with van der Waals surface area (Å²) < 4.78 is 5.74. The summed E-state index contributed by atoms with van der Waals surface area (Å²) in [6.45, 7) is 2.09. The Hall–Kier alpha value is -1.38. The van der Waals surface area contributed by atoms with Crippen LogP contribution in [0.4, 0.5) is 0 Å². The van der Waals surface area contributed by atoms with Crippen LogP contribution in [0.25, 0.3) is 0 Å². The second-order valence-corrected chi connectivity index (χ2v) is 3.65. The van der Waals surface area contributed by atoms with Gasteiger partial charge in [-0.15, -0.1) is 0 Å². The van der Waals surface area contributed by atoms with E-state index in [1.807, 2.05) is 0 Å². The van der Waals surface area contributed by atoms with E-state index in [1.54, 1.807) is 18.3 Å². The van der Waals surface area contributed by atoms with E-state index in [0.29, 0.717) is 11.4 Å². The largest absolute Gasteiger partial charge is 0.471 e. The molecule has 3 heteroatoms. The predicted molar refractivity (Wildman–Crippen MR) is 52.5 cm³/mol. The van der Waals surface area contributed by atoms with E-state index in [-0.39, 0.29) is 5.60 Å². The predicted octanol–water partition coefficient (Wildman–Crippen LogP) is 2.22. The molecule has 0 spiro atoms. The molecule has 1 heterocycles. The minimum Gasteiger partial charge on any atom is -0.471 e. The van der Waals surface area contributed by atoms with Gasteiger partial charge in [0.15, 0.2) is 6.29 Å². The maximum Gasteiger partial charge on any atom is 0.224 e. The normalized spacial score (nSPS) is 17.5. The molecule has 1 aromatic rings. The zero-order valence-corrected chi connectivity index (χ0v) is 8.19. The molecule has 0 radical (unpaired) electrons. The summed E-state index contributed by atoms with van der Waals surface area (Å²) in [6, 6.07) is 3.46. The molecule has 0 aromatic carbocycles. The Morgan fingerprint density at radius 2 is 2.43 bits per heavy atom. The summed E-state index contributed by atoms with van der Waals surface area (Å²) in [4.78, 5) is 14.8. The zero-order chi connectivity index (χ0) is 10.0. The molecule has 0 aliphatic heterocycles. The fourth-order valence-corrected chi connectivity index (χ4v) is 1.45. The second kappa shape index (κ2) is 3.40. The Balaban J connectivity index is 2.20. The van der Waals surface area contributed by atoms with E-state index in [0.717, 1.165) is 25.5 Å². The molecule has 1 saturated carbocycles. The summed E-state index contributed by atoms with van der Waals surface area (Å²) in [7, 11) is 0. The van der Waals surface area contributed by atoms with Crippen LogP contribution in [0.3, 0.4) is 0 Å². The SMILES string of the molecule is CCC1(Oc2ncccc2C=O)CC1. The molecule has 0 N–H and O–H groups in total. The third-order valence-electron chi connectivity index (χ3n) is 2.69. The van der Waals surface area contributed by atoms with Gasteiger partial charge in [0, 0.05) is 6.20 Å². The lowest BCUT2D eigenvalue weighted by Gasteiger charge is -2.15. The van der Waals surface area contributed by atoms with Crippen molar-refractivity contribution in [2.45, 2.75) is 31.8 Å². The van der Waals surface area contributed by atoms with Gasteiger partial charge in [-0.3, -0.25) is 4.79 Å². The molecule has 1 aliphatic rings. The van der Waals surface area contributed by atoms with Crippen molar-refractivity contribution in [2.24, 2.45) is 0 Å². The molecule has 0 atom stereocenters. The molecule has 0 unspecified atom stereocenters. The molecular formula is C11H13NO2. The maximum absolute atomic E-state index is 10.7. The number of ether oxygens (including phenoxy) is 1. The minimum absolute atomic E-state index is 0.0356. The number of hydrogen-bond donors (Lipinski definition) is 0. The first kappa shape index (κ1) is 9.19. The van der Waals surface area contributed by atoms with Gasteiger partial charge in [-0.05, 0) is 31.4 Å². The van der Waals surface area contributed by atoms with E-state index in [4.69, 9.17) is 4.74 Å². The number of carbonyl (C=O) groups is 1. The second-order valence-electron chi connectivity index (χ2n) is 3.65. The third kappa shape index (κ3) is 1.62. The van der Waals surface area contributed by atoms with Crippen LogP contribution in [0.1, 0.15) is 36.5 Å². The Bertz CT molecular complexity index is 345. The topological polar surface area (TPSA) is 39.2 Å². The number of aldehydes is 1. The standard InChI is InChI=1S/C11H13NO2/c1-2-11(5-6-11)14-10-9(8-13)4-3-7-12-10/h3-4,7-8H,2,5-6H2,1H3. The van der Waals surface area contributed by atoms with Gasteiger partial charge in [0.1, 0.15) is 5.60 Å².